The van der Waals surface area contributed by atoms with E-state index in [1.165, 1.54) is 12.1 Å². The molecule has 0 unspecified atom stereocenters. The maximum atomic E-state index is 12.9. The standard InChI is InChI=1S/C14H16FN3/c1-10-4-9-13(18-17-10)16-14(2,3)11-5-7-12(15)8-6-11/h4-9H,1-3H3,(H,16,18). The predicted molar refractivity (Wildman–Crippen MR) is 69.8 cm³/mol. The Hall–Kier alpha value is -1.97. The van der Waals surface area contributed by atoms with Crippen LogP contribution in [0.15, 0.2) is 36.4 Å². The van der Waals surface area contributed by atoms with Gasteiger partial charge in [0.05, 0.1) is 11.2 Å². The molecule has 1 aromatic heterocycles. The summed E-state index contributed by atoms with van der Waals surface area (Å²) in [6, 6.07) is 10.2. The van der Waals surface area contributed by atoms with Gasteiger partial charge < -0.3 is 5.32 Å². The first-order valence-electron chi connectivity index (χ1n) is 5.82. The molecule has 0 fully saturated rings. The molecular formula is C14H16FN3. The number of rotatable bonds is 3. The van der Waals surface area contributed by atoms with Crippen LogP contribution in [-0.2, 0) is 5.54 Å². The molecule has 1 N–H and O–H groups in total. The second-order valence-electron chi connectivity index (χ2n) is 4.82. The summed E-state index contributed by atoms with van der Waals surface area (Å²) >= 11 is 0. The molecule has 0 spiro atoms. The van der Waals surface area contributed by atoms with Crippen LogP contribution in [0.4, 0.5) is 10.2 Å². The molecule has 18 heavy (non-hydrogen) atoms. The lowest BCUT2D eigenvalue weighted by Gasteiger charge is -2.27. The number of hydrogen-bond acceptors (Lipinski definition) is 3. The fourth-order valence-electron chi connectivity index (χ4n) is 1.72. The van der Waals surface area contributed by atoms with Crippen molar-refractivity contribution in [3.8, 4) is 0 Å². The highest BCUT2D eigenvalue weighted by Crippen LogP contribution is 2.24. The van der Waals surface area contributed by atoms with Crippen LogP contribution in [0.25, 0.3) is 0 Å². The van der Waals surface area contributed by atoms with E-state index in [2.05, 4.69) is 15.5 Å². The molecule has 1 heterocycles. The number of nitrogens with one attached hydrogen (secondary N) is 1. The zero-order valence-electron chi connectivity index (χ0n) is 10.7. The van der Waals surface area contributed by atoms with Gasteiger partial charge >= 0.3 is 0 Å². The summed E-state index contributed by atoms with van der Waals surface area (Å²) in [6.07, 6.45) is 0. The van der Waals surface area contributed by atoms with Crippen LogP contribution in [0.1, 0.15) is 25.1 Å². The lowest BCUT2D eigenvalue weighted by atomic mass is 9.94. The van der Waals surface area contributed by atoms with E-state index in [0.717, 1.165) is 11.3 Å². The molecule has 94 valence electrons. The number of benzene rings is 1. The van der Waals surface area contributed by atoms with Crippen LogP contribution in [0.2, 0.25) is 0 Å². The van der Waals surface area contributed by atoms with E-state index >= 15 is 0 Å². The SMILES string of the molecule is Cc1ccc(NC(C)(C)c2ccc(F)cc2)nn1. The third kappa shape index (κ3) is 2.83. The van der Waals surface area contributed by atoms with Gasteiger partial charge in [-0.25, -0.2) is 4.39 Å². The first-order chi connectivity index (χ1) is 8.47. The summed E-state index contributed by atoms with van der Waals surface area (Å²) in [5.74, 6) is 0.472. The number of hydrogen-bond donors (Lipinski definition) is 1. The number of aryl methyl sites for hydroxylation is 1. The van der Waals surface area contributed by atoms with Gasteiger partial charge in [-0.2, -0.15) is 5.10 Å². The Kier molecular flexibility index (Phi) is 3.28. The maximum Gasteiger partial charge on any atom is 0.149 e. The molecule has 0 radical (unpaired) electrons. The van der Waals surface area contributed by atoms with E-state index in [1.807, 2.05) is 32.9 Å². The predicted octanol–water partition coefficient (Wildman–Crippen LogP) is 3.27. The minimum atomic E-state index is -0.336. The molecule has 1 aromatic carbocycles. The summed E-state index contributed by atoms with van der Waals surface area (Å²) in [6.45, 7) is 5.92. The largest absolute Gasteiger partial charge is 0.360 e. The highest BCUT2D eigenvalue weighted by molar-refractivity contribution is 5.40. The number of aromatic nitrogens is 2. The molecule has 2 aromatic rings. The molecule has 0 amide bonds. The third-order valence-electron chi connectivity index (χ3n) is 2.80. The number of halogens is 1. The Bertz CT molecular complexity index is 518. The zero-order valence-corrected chi connectivity index (χ0v) is 10.7. The molecule has 0 atom stereocenters. The Morgan fingerprint density at radius 2 is 1.67 bits per heavy atom. The van der Waals surface area contributed by atoms with Crippen LogP contribution in [0.5, 0.6) is 0 Å². The van der Waals surface area contributed by atoms with E-state index in [9.17, 15) is 4.39 Å². The maximum absolute atomic E-state index is 12.9. The van der Waals surface area contributed by atoms with Crippen LogP contribution in [0.3, 0.4) is 0 Å². The van der Waals surface area contributed by atoms with Crippen molar-refractivity contribution >= 4 is 5.82 Å². The minimum absolute atomic E-state index is 0.232. The summed E-state index contributed by atoms with van der Waals surface area (Å²) in [5, 5.41) is 11.4. The molecule has 4 heteroatoms. The van der Waals surface area contributed by atoms with Crippen molar-refractivity contribution in [3.05, 3.63) is 53.5 Å². The molecular weight excluding hydrogens is 229 g/mol. The van der Waals surface area contributed by atoms with E-state index in [0.29, 0.717) is 5.82 Å². The van der Waals surface area contributed by atoms with Gasteiger partial charge in [-0.3, -0.25) is 0 Å². The van der Waals surface area contributed by atoms with Crippen molar-refractivity contribution in [2.45, 2.75) is 26.3 Å². The van der Waals surface area contributed by atoms with Crippen molar-refractivity contribution in [2.75, 3.05) is 5.32 Å². The Balaban J connectivity index is 2.20. The fourth-order valence-corrected chi connectivity index (χ4v) is 1.72. The van der Waals surface area contributed by atoms with Crippen LogP contribution in [-0.4, -0.2) is 10.2 Å². The Labute approximate surface area is 106 Å². The van der Waals surface area contributed by atoms with Gasteiger partial charge in [-0.05, 0) is 50.6 Å². The highest BCUT2D eigenvalue weighted by atomic mass is 19.1. The summed E-state index contributed by atoms with van der Waals surface area (Å²) in [7, 11) is 0. The second kappa shape index (κ2) is 4.72. The molecule has 0 bridgehead atoms. The molecule has 0 aliphatic carbocycles. The van der Waals surface area contributed by atoms with E-state index < -0.39 is 0 Å². The van der Waals surface area contributed by atoms with E-state index in [1.54, 1.807) is 12.1 Å². The van der Waals surface area contributed by atoms with Crippen molar-refractivity contribution in [1.29, 1.82) is 0 Å². The van der Waals surface area contributed by atoms with Gasteiger partial charge in [0.1, 0.15) is 11.6 Å². The smallest absolute Gasteiger partial charge is 0.149 e. The number of anilines is 1. The van der Waals surface area contributed by atoms with E-state index in [4.69, 9.17) is 0 Å². The van der Waals surface area contributed by atoms with Crippen molar-refractivity contribution < 1.29 is 4.39 Å². The van der Waals surface area contributed by atoms with Gasteiger partial charge in [-0.15, -0.1) is 5.10 Å². The summed E-state index contributed by atoms with van der Waals surface area (Å²) in [5.41, 5.74) is 1.53. The first kappa shape index (κ1) is 12.5. The topological polar surface area (TPSA) is 37.8 Å². The Morgan fingerprint density at radius 1 is 1.00 bits per heavy atom. The van der Waals surface area contributed by atoms with Crippen molar-refractivity contribution in [3.63, 3.8) is 0 Å². The molecule has 0 saturated carbocycles. The van der Waals surface area contributed by atoms with Gasteiger partial charge in [0.15, 0.2) is 0 Å². The zero-order chi connectivity index (χ0) is 13.2. The van der Waals surface area contributed by atoms with Crippen molar-refractivity contribution in [2.24, 2.45) is 0 Å². The molecule has 0 saturated heterocycles. The van der Waals surface area contributed by atoms with Gasteiger partial charge in [0, 0.05) is 0 Å². The third-order valence-corrected chi connectivity index (χ3v) is 2.80. The van der Waals surface area contributed by atoms with Gasteiger partial charge in [0.2, 0.25) is 0 Å². The average molecular weight is 245 g/mol. The first-order valence-corrected chi connectivity index (χ1v) is 5.82. The van der Waals surface area contributed by atoms with Gasteiger partial charge in [-0.1, -0.05) is 12.1 Å². The quantitative estimate of drug-likeness (QED) is 0.901. The normalized spacial score (nSPS) is 11.3. The van der Waals surface area contributed by atoms with Crippen molar-refractivity contribution in [1.82, 2.24) is 10.2 Å². The van der Waals surface area contributed by atoms with Crippen LogP contribution >= 0.6 is 0 Å². The molecule has 3 nitrogen and oxygen atoms in total. The summed E-state index contributed by atoms with van der Waals surface area (Å²) < 4.78 is 12.9. The van der Waals surface area contributed by atoms with Crippen LogP contribution in [0, 0.1) is 12.7 Å². The highest BCUT2D eigenvalue weighted by Gasteiger charge is 2.20. The fraction of sp³-hybridized carbons (Fsp3) is 0.286. The Morgan fingerprint density at radius 3 is 2.22 bits per heavy atom. The van der Waals surface area contributed by atoms with Gasteiger partial charge in [0.25, 0.3) is 0 Å². The second-order valence-corrected chi connectivity index (χ2v) is 4.82. The number of nitrogens with zero attached hydrogens (tertiary/aromatic N) is 2. The monoisotopic (exact) mass is 245 g/mol. The molecule has 0 aliphatic heterocycles. The lowest BCUT2D eigenvalue weighted by Crippen LogP contribution is -2.28. The lowest BCUT2D eigenvalue weighted by molar-refractivity contribution is 0.593. The summed E-state index contributed by atoms with van der Waals surface area (Å²) in [4.78, 5) is 0. The molecule has 2 rings (SSSR count). The minimum Gasteiger partial charge on any atom is -0.360 e. The average Bonchev–Trinajstić information content (AvgIpc) is 2.32. The van der Waals surface area contributed by atoms with Crippen LogP contribution < -0.4 is 5.32 Å². The van der Waals surface area contributed by atoms with E-state index in [-0.39, 0.29) is 11.4 Å². The molecule has 0 aliphatic rings.